The Balaban J connectivity index is 0.00000120. The van der Waals surface area contributed by atoms with Gasteiger partial charge in [-0.2, -0.15) is 10.2 Å². The van der Waals surface area contributed by atoms with Gasteiger partial charge in [0.1, 0.15) is 12.7 Å². The number of rotatable bonds is 2. The van der Waals surface area contributed by atoms with Gasteiger partial charge in [0.25, 0.3) is 0 Å². The van der Waals surface area contributed by atoms with Crippen LogP contribution in [0.2, 0.25) is 0 Å². The van der Waals surface area contributed by atoms with Crippen LogP contribution in [0.15, 0.2) is 25.1 Å². The third-order valence-corrected chi connectivity index (χ3v) is 2.47. The summed E-state index contributed by atoms with van der Waals surface area (Å²) in [5.41, 5.74) is 0. The molecule has 0 saturated heterocycles. The van der Waals surface area contributed by atoms with Gasteiger partial charge in [0.05, 0.1) is 0 Å². The minimum absolute atomic E-state index is 0. The van der Waals surface area contributed by atoms with E-state index < -0.39 is 0 Å². The fourth-order valence-corrected chi connectivity index (χ4v) is 1.64. The van der Waals surface area contributed by atoms with Gasteiger partial charge in [-0.05, 0) is 0 Å². The van der Waals surface area contributed by atoms with E-state index in [0.29, 0.717) is 0 Å². The number of nitrogens with zero attached hydrogens (tertiary/aromatic N) is 8. The number of anilines is 2. The van der Waals surface area contributed by atoms with E-state index in [4.69, 9.17) is 0 Å². The molecule has 94 valence electrons. The van der Waals surface area contributed by atoms with E-state index in [1.54, 1.807) is 9.36 Å². The quantitative estimate of drug-likeness (QED) is 0.597. The molecule has 3 rings (SSSR count). The molecule has 2 aromatic heterocycles. The smallest absolute Gasteiger partial charge is 0.342 e. The number of aromatic nitrogens is 6. The Morgan fingerprint density at radius 1 is 0.889 bits per heavy atom. The molecule has 0 spiro atoms. The van der Waals surface area contributed by atoms with E-state index in [-0.39, 0.29) is 20.1 Å². The average molecular weight is 421 g/mol. The molecule has 8 nitrogen and oxygen atoms in total. The van der Waals surface area contributed by atoms with Crippen molar-refractivity contribution in [1.82, 2.24) is 29.5 Å². The van der Waals surface area contributed by atoms with Gasteiger partial charge in [0.15, 0.2) is 0 Å². The summed E-state index contributed by atoms with van der Waals surface area (Å²) in [5.74, 6) is 1.48. The third kappa shape index (κ3) is 2.04. The molecular weight excluding hydrogens is 411 g/mol. The maximum absolute atomic E-state index is 4.16. The second-order valence-electron chi connectivity index (χ2n) is 3.60. The first-order valence-electron chi connectivity index (χ1n) is 5.03. The van der Waals surface area contributed by atoms with Crippen LogP contribution < -0.4 is 9.62 Å². The Bertz CT molecular complexity index is 515. The standard InChI is InChI=1S/C8H10BN8.Ir/c1-14-7(10-5-12-14)16-3-4-17(9-16)8-11-6-13-15(8)2;/h3-6H,1-2H3;. The maximum Gasteiger partial charge on any atom is 0.405 e. The van der Waals surface area contributed by atoms with Crippen LogP contribution in [0.4, 0.5) is 11.9 Å². The van der Waals surface area contributed by atoms with Gasteiger partial charge < -0.3 is 9.62 Å². The molecule has 0 aromatic carbocycles. The Kier molecular flexibility index (Phi) is 3.49. The van der Waals surface area contributed by atoms with Crippen molar-refractivity contribution in [1.29, 1.82) is 0 Å². The molecule has 0 fully saturated rings. The molecule has 0 saturated carbocycles. The summed E-state index contributed by atoms with van der Waals surface area (Å²) in [4.78, 5) is 12.0. The Hall–Kier alpha value is -1.67. The van der Waals surface area contributed by atoms with Crippen molar-refractivity contribution in [2.45, 2.75) is 0 Å². The Labute approximate surface area is 118 Å². The molecule has 2 radical (unpaired) electrons. The summed E-state index contributed by atoms with van der Waals surface area (Å²) in [6.07, 6.45) is 6.81. The average Bonchev–Trinajstić information content (AvgIpc) is 2.97. The van der Waals surface area contributed by atoms with E-state index in [2.05, 4.69) is 20.2 Å². The molecule has 0 atom stereocenters. The van der Waals surface area contributed by atoms with Gasteiger partial charge in [0, 0.05) is 46.6 Å². The van der Waals surface area contributed by atoms with Crippen LogP contribution >= 0.6 is 0 Å². The number of aryl methyl sites for hydroxylation is 2. The largest absolute Gasteiger partial charge is 0.405 e. The number of hydrogen-bond acceptors (Lipinski definition) is 6. The predicted molar refractivity (Wildman–Crippen MR) is 61.9 cm³/mol. The molecule has 3 heterocycles. The summed E-state index contributed by atoms with van der Waals surface area (Å²) in [7, 11) is 5.55. The third-order valence-electron chi connectivity index (χ3n) is 2.47. The van der Waals surface area contributed by atoms with Crippen LogP contribution in [0.25, 0.3) is 0 Å². The number of hydrogen-bond donors (Lipinski definition) is 0. The zero-order valence-electron chi connectivity index (χ0n) is 9.80. The van der Waals surface area contributed by atoms with Gasteiger partial charge in [-0.3, -0.25) is 0 Å². The van der Waals surface area contributed by atoms with E-state index in [0.717, 1.165) is 11.9 Å². The Morgan fingerprint density at radius 2 is 1.33 bits per heavy atom. The van der Waals surface area contributed by atoms with Gasteiger partial charge in [-0.1, -0.05) is 0 Å². The van der Waals surface area contributed by atoms with Crippen molar-refractivity contribution >= 4 is 19.4 Å². The molecular formula is C8H10BIrN8. The summed E-state index contributed by atoms with van der Waals surface area (Å²) in [6, 6.07) is 0. The van der Waals surface area contributed by atoms with Crippen LogP contribution in [-0.2, 0) is 34.2 Å². The molecule has 1 aliphatic heterocycles. The summed E-state index contributed by atoms with van der Waals surface area (Å²) in [6.45, 7) is 0. The Morgan fingerprint density at radius 3 is 1.67 bits per heavy atom. The SMILES string of the molecule is Cn1ncnc1N1[B]N(c2ncnn2C)C=C1.[Ir]. The molecule has 1 aliphatic rings. The maximum atomic E-state index is 4.16. The van der Waals surface area contributed by atoms with Crippen molar-refractivity contribution in [3.8, 4) is 0 Å². The predicted octanol–water partition coefficient (Wildman–Crippen LogP) is -0.727. The van der Waals surface area contributed by atoms with E-state index in [1.165, 1.54) is 12.7 Å². The van der Waals surface area contributed by atoms with Gasteiger partial charge >= 0.3 is 7.55 Å². The monoisotopic (exact) mass is 422 g/mol. The zero-order valence-corrected chi connectivity index (χ0v) is 12.2. The van der Waals surface area contributed by atoms with Crippen LogP contribution in [0, 0.1) is 0 Å². The first-order chi connectivity index (χ1) is 8.25. The molecule has 0 amide bonds. The van der Waals surface area contributed by atoms with Crippen molar-refractivity contribution in [2.24, 2.45) is 14.1 Å². The molecule has 2 aromatic rings. The molecule has 18 heavy (non-hydrogen) atoms. The zero-order chi connectivity index (χ0) is 11.8. The molecule has 0 aliphatic carbocycles. The van der Waals surface area contributed by atoms with Crippen LogP contribution in [0.3, 0.4) is 0 Å². The fraction of sp³-hybridized carbons (Fsp3) is 0.250. The van der Waals surface area contributed by atoms with Crippen LogP contribution in [-0.4, -0.2) is 37.1 Å². The van der Waals surface area contributed by atoms with Crippen molar-refractivity contribution < 1.29 is 20.1 Å². The van der Waals surface area contributed by atoms with E-state index >= 15 is 0 Å². The normalized spacial score (nSPS) is 13.7. The first-order valence-corrected chi connectivity index (χ1v) is 5.03. The molecule has 10 heteroatoms. The van der Waals surface area contributed by atoms with Crippen molar-refractivity contribution in [3.63, 3.8) is 0 Å². The van der Waals surface area contributed by atoms with Crippen molar-refractivity contribution in [3.05, 3.63) is 25.1 Å². The molecule has 0 bridgehead atoms. The molecule has 0 unspecified atom stereocenters. The van der Waals surface area contributed by atoms with Crippen molar-refractivity contribution in [2.75, 3.05) is 9.62 Å². The van der Waals surface area contributed by atoms with Gasteiger partial charge in [-0.25, -0.2) is 19.3 Å². The van der Waals surface area contributed by atoms with E-state index in [1.807, 2.05) is 43.7 Å². The second-order valence-corrected chi connectivity index (χ2v) is 3.60. The minimum Gasteiger partial charge on any atom is -0.342 e. The minimum atomic E-state index is 0. The van der Waals surface area contributed by atoms with E-state index in [9.17, 15) is 0 Å². The first kappa shape index (κ1) is 12.8. The summed E-state index contributed by atoms with van der Waals surface area (Å²) < 4.78 is 3.39. The summed E-state index contributed by atoms with van der Waals surface area (Å²) in [5, 5.41) is 8.05. The second kappa shape index (κ2) is 4.91. The fourth-order valence-electron chi connectivity index (χ4n) is 1.64. The molecule has 0 N–H and O–H groups in total. The summed E-state index contributed by atoms with van der Waals surface area (Å²) >= 11 is 0. The van der Waals surface area contributed by atoms with Gasteiger partial charge in [-0.15, -0.1) is 0 Å². The van der Waals surface area contributed by atoms with Crippen LogP contribution in [0.1, 0.15) is 0 Å². The van der Waals surface area contributed by atoms with Gasteiger partial charge in [0.2, 0.25) is 11.9 Å². The van der Waals surface area contributed by atoms with Crippen LogP contribution in [0.5, 0.6) is 0 Å². The topological polar surface area (TPSA) is 67.9 Å².